The summed E-state index contributed by atoms with van der Waals surface area (Å²) in [5.41, 5.74) is 0. The molecule has 1 aliphatic heterocycles. The van der Waals surface area contributed by atoms with E-state index in [1.54, 1.807) is 0 Å². The van der Waals surface area contributed by atoms with E-state index in [1.165, 1.54) is 0 Å². The molecule has 0 aliphatic carbocycles. The van der Waals surface area contributed by atoms with Crippen LogP contribution in [0.4, 0.5) is 0 Å². The van der Waals surface area contributed by atoms with Crippen LogP contribution in [0.1, 0.15) is 19.3 Å². The highest BCUT2D eigenvalue weighted by atomic mass is 16.4. The number of nitrogens with one attached hydrogen (secondary N) is 1. The first-order valence-electron chi connectivity index (χ1n) is 4.90. The molecule has 1 heterocycles. The van der Waals surface area contributed by atoms with Crippen LogP contribution in [0.15, 0.2) is 0 Å². The van der Waals surface area contributed by atoms with Crippen LogP contribution in [0, 0.1) is 0 Å². The van der Waals surface area contributed by atoms with Crippen LogP contribution < -0.4 is 5.32 Å². The molecule has 0 saturated carbocycles. The zero-order chi connectivity index (χ0) is 10.4. The molecular formula is C9H16N2O3. The molecule has 0 spiro atoms. The zero-order valence-corrected chi connectivity index (χ0v) is 8.16. The molecule has 1 aliphatic rings. The Hall–Kier alpha value is -1.10. The molecule has 5 heteroatoms. The van der Waals surface area contributed by atoms with E-state index in [4.69, 9.17) is 5.11 Å². The maximum atomic E-state index is 11.4. The number of hydrogen-bond donors (Lipinski definition) is 2. The smallest absolute Gasteiger partial charge is 0.317 e. The number of amides is 1. The standard InChI is InChI=1S/C9H16N2O3/c12-8(11-5-1-2-6-11)3-4-10-7-9(13)14/h10H,1-7H2,(H,13,14). The van der Waals surface area contributed by atoms with Crippen molar-refractivity contribution in [3.63, 3.8) is 0 Å². The minimum absolute atomic E-state index is 0.0761. The Balaban J connectivity index is 2.05. The molecule has 0 aromatic carbocycles. The summed E-state index contributed by atoms with van der Waals surface area (Å²) in [5.74, 6) is -0.765. The highest BCUT2D eigenvalue weighted by Crippen LogP contribution is 2.08. The highest BCUT2D eigenvalue weighted by molar-refractivity contribution is 5.76. The Morgan fingerprint density at radius 3 is 2.50 bits per heavy atom. The molecule has 0 aromatic rings. The van der Waals surface area contributed by atoms with E-state index < -0.39 is 5.97 Å². The number of carboxylic acids is 1. The zero-order valence-electron chi connectivity index (χ0n) is 8.16. The normalized spacial score (nSPS) is 15.9. The average Bonchev–Trinajstić information content (AvgIpc) is 2.64. The molecular weight excluding hydrogens is 184 g/mol. The first-order valence-corrected chi connectivity index (χ1v) is 4.90. The van der Waals surface area contributed by atoms with Crippen LogP contribution in [-0.2, 0) is 9.59 Å². The molecule has 80 valence electrons. The first kappa shape index (κ1) is 11.0. The van der Waals surface area contributed by atoms with Crippen molar-refractivity contribution >= 4 is 11.9 Å². The Morgan fingerprint density at radius 1 is 1.29 bits per heavy atom. The van der Waals surface area contributed by atoms with E-state index in [0.29, 0.717) is 13.0 Å². The van der Waals surface area contributed by atoms with Gasteiger partial charge in [-0.2, -0.15) is 0 Å². The third-order valence-corrected chi connectivity index (χ3v) is 2.25. The lowest BCUT2D eigenvalue weighted by molar-refractivity contribution is -0.136. The fourth-order valence-electron chi connectivity index (χ4n) is 1.52. The van der Waals surface area contributed by atoms with Gasteiger partial charge in [-0.15, -0.1) is 0 Å². The number of rotatable bonds is 5. The van der Waals surface area contributed by atoms with Crippen molar-refractivity contribution in [2.45, 2.75) is 19.3 Å². The quantitative estimate of drug-likeness (QED) is 0.596. The fourth-order valence-corrected chi connectivity index (χ4v) is 1.52. The molecule has 1 rings (SSSR count). The number of nitrogens with zero attached hydrogens (tertiary/aromatic N) is 1. The van der Waals surface area contributed by atoms with Crippen molar-refractivity contribution < 1.29 is 14.7 Å². The van der Waals surface area contributed by atoms with E-state index in [2.05, 4.69) is 5.32 Å². The van der Waals surface area contributed by atoms with Gasteiger partial charge in [0, 0.05) is 26.1 Å². The minimum Gasteiger partial charge on any atom is -0.480 e. The van der Waals surface area contributed by atoms with Crippen molar-refractivity contribution in [2.75, 3.05) is 26.2 Å². The monoisotopic (exact) mass is 200 g/mol. The van der Waals surface area contributed by atoms with Gasteiger partial charge < -0.3 is 15.3 Å². The Morgan fingerprint density at radius 2 is 1.93 bits per heavy atom. The molecule has 0 radical (unpaired) electrons. The van der Waals surface area contributed by atoms with Gasteiger partial charge in [-0.25, -0.2) is 0 Å². The molecule has 2 N–H and O–H groups in total. The van der Waals surface area contributed by atoms with E-state index in [-0.39, 0.29) is 12.5 Å². The van der Waals surface area contributed by atoms with Crippen LogP contribution in [0.5, 0.6) is 0 Å². The fraction of sp³-hybridized carbons (Fsp3) is 0.778. The van der Waals surface area contributed by atoms with Crippen molar-refractivity contribution in [1.82, 2.24) is 10.2 Å². The number of carbonyl (C=O) groups excluding carboxylic acids is 1. The van der Waals surface area contributed by atoms with E-state index in [0.717, 1.165) is 25.9 Å². The first-order chi connectivity index (χ1) is 6.70. The van der Waals surface area contributed by atoms with Gasteiger partial charge in [0.05, 0.1) is 6.54 Å². The summed E-state index contributed by atoms with van der Waals surface area (Å²) in [6, 6.07) is 0. The van der Waals surface area contributed by atoms with Crippen molar-refractivity contribution in [1.29, 1.82) is 0 Å². The number of likely N-dealkylation sites (tertiary alicyclic amines) is 1. The van der Waals surface area contributed by atoms with Crippen LogP contribution in [0.25, 0.3) is 0 Å². The highest BCUT2D eigenvalue weighted by Gasteiger charge is 2.16. The molecule has 14 heavy (non-hydrogen) atoms. The summed E-state index contributed by atoms with van der Waals surface area (Å²) < 4.78 is 0. The third kappa shape index (κ3) is 3.74. The second kappa shape index (κ2) is 5.59. The second-order valence-electron chi connectivity index (χ2n) is 3.41. The molecule has 0 unspecified atom stereocenters. The van der Waals surface area contributed by atoms with Gasteiger partial charge in [-0.3, -0.25) is 9.59 Å². The summed E-state index contributed by atoms with van der Waals surface area (Å²) in [6.45, 7) is 2.09. The second-order valence-corrected chi connectivity index (χ2v) is 3.41. The topological polar surface area (TPSA) is 69.6 Å². The van der Waals surface area contributed by atoms with Crippen molar-refractivity contribution in [2.24, 2.45) is 0 Å². The number of aliphatic carboxylic acids is 1. The summed E-state index contributed by atoms with van der Waals surface area (Å²) in [5, 5.41) is 11.0. The molecule has 0 aromatic heterocycles. The van der Waals surface area contributed by atoms with Gasteiger partial charge in [0.25, 0.3) is 0 Å². The molecule has 1 fully saturated rings. The van der Waals surface area contributed by atoms with Gasteiger partial charge in [-0.1, -0.05) is 0 Å². The minimum atomic E-state index is -0.890. The predicted molar refractivity (Wildman–Crippen MR) is 50.9 cm³/mol. The maximum absolute atomic E-state index is 11.4. The lowest BCUT2D eigenvalue weighted by Gasteiger charge is -2.14. The third-order valence-electron chi connectivity index (χ3n) is 2.25. The summed E-state index contributed by atoms with van der Waals surface area (Å²) in [7, 11) is 0. The largest absolute Gasteiger partial charge is 0.480 e. The summed E-state index contributed by atoms with van der Waals surface area (Å²) >= 11 is 0. The predicted octanol–water partition coefficient (Wildman–Crippen LogP) is -0.327. The van der Waals surface area contributed by atoms with Crippen LogP contribution in [0.2, 0.25) is 0 Å². The van der Waals surface area contributed by atoms with Gasteiger partial charge >= 0.3 is 5.97 Å². The van der Waals surface area contributed by atoms with Crippen molar-refractivity contribution in [3.05, 3.63) is 0 Å². The number of carboxylic acid groups (broad SMARTS) is 1. The van der Waals surface area contributed by atoms with Gasteiger partial charge in [0.15, 0.2) is 0 Å². The van der Waals surface area contributed by atoms with Gasteiger partial charge in [-0.05, 0) is 12.8 Å². The van der Waals surface area contributed by atoms with Gasteiger partial charge in [0.2, 0.25) is 5.91 Å². The van der Waals surface area contributed by atoms with Crippen LogP contribution in [-0.4, -0.2) is 48.1 Å². The van der Waals surface area contributed by atoms with Crippen LogP contribution >= 0.6 is 0 Å². The Kier molecular flexibility index (Phi) is 4.39. The lowest BCUT2D eigenvalue weighted by Crippen LogP contribution is -2.32. The lowest BCUT2D eigenvalue weighted by atomic mass is 10.3. The maximum Gasteiger partial charge on any atom is 0.317 e. The Labute approximate surface area is 83.1 Å². The van der Waals surface area contributed by atoms with Gasteiger partial charge in [0.1, 0.15) is 0 Å². The van der Waals surface area contributed by atoms with E-state index >= 15 is 0 Å². The molecule has 0 atom stereocenters. The average molecular weight is 200 g/mol. The molecule has 5 nitrogen and oxygen atoms in total. The van der Waals surface area contributed by atoms with Crippen molar-refractivity contribution in [3.8, 4) is 0 Å². The SMILES string of the molecule is O=C(O)CNCCC(=O)N1CCCC1. The molecule has 0 bridgehead atoms. The van der Waals surface area contributed by atoms with E-state index in [9.17, 15) is 9.59 Å². The summed E-state index contributed by atoms with van der Waals surface area (Å²) in [6.07, 6.45) is 2.58. The molecule has 1 amide bonds. The summed E-state index contributed by atoms with van der Waals surface area (Å²) in [4.78, 5) is 23.4. The number of carbonyl (C=O) groups is 2. The van der Waals surface area contributed by atoms with E-state index in [1.807, 2.05) is 4.90 Å². The molecule has 1 saturated heterocycles. The van der Waals surface area contributed by atoms with Crippen LogP contribution in [0.3, 0.4) is 0 Å². The Bertz CT molecular complexity index is 212. The number of hydrogen-bond acceptors (Lipinski definition) is 3.